The second-order valence-corrected chi connectivity index (χ2v) is 8.90. The predicted octanol–water partition coefficient (Wildman–Crippen LogP) is 2.70. The van der Waals surface area contributed by atoms with E-state index in [1.54, 1.807) is 0 Å². The number of nitrogens with zero attached hydrogens (tertiary/aromatic N) is 3. The summed E-state index contributed by atoms with van der Waals surface area (Å²) in [5.41, 5.74) is 0.133. The van der Waals surface area contributed by atoms with Gasteiger partial charge in [-0.15, -0.1) is 0 Å². The SMILES string of the molecule is Cn1ccc(C2CCC(N3CC(NC(=O)CNC(=O)c4cccc(C(F)(F)F)c4)C3)CC2)n1. The van der Waals surface area contributed by atoms with Crippen molar-refractivity contribution in [1.82, 2.24) is 25.3 Å². The topological polar surface area (TPSA) is 79.3 Å². The highest BCUT2D eigenvalue weighted by Crippen LogP contribution is 2.35. The van der Waals surface area contributed by atoms with Crippen molar-refractivity contribution in [3.05, 3.63) is 53.3 Å². The van der Waals surface area contributed by atoms with Crippen LogP contribution in [0.4, 0.5) is 13.2 Å². The number of carbonyl (C=O) groups excluding carboxylic acids is 2. The number of rotatable bonds is 6. The average Bonchev–Trinajstić information content (AvgIpc) is 3.20. The quantitative estimate of drug-likeness (QED) is 0.691. The minimum atomic E-state index is -4.53. The number of alkyl halides is 3. The monoisotopic (exact) mass is 463 g/mol. The molecule has 0 radical (unpaired) electrons. The van der Waals surface area contributed by atoms with E-state index in [0.29, 0.717) is 12.0 Å². The molecule has 2 fully saturated rings. The van der Waals surface area contributed by atoms with E-state index in [9.17, 15) is 22.8 Å². The summed E-state index contributed by atoms with van der Waals surface area (Å²) in [5, 5.41) is 9.79. The van der Waals surface area contributed by atoms with Crippen molar-refractivity contribution < 1.29 is 22.8 Å². The van der Waals surface area contributed by atoms with Crippen LogP contribution in [-0.2, 0) is 18.0 Å². The Morgan fingerprint density at radius 3 is 2.48 bits per heavy atom. The minimum Gasteiger partial charge on any atom is -0.349 e. The van der Waals surface area contributed by atoms with Gasteiger partial charge in [0, 0.05) is 43.9 Å². The number of benzene rings is 1. The van der Waals surface area contributed by atoms with Crippen molar-refractivity contribution in [2.75, 3.05) is 19.6 Å². The molecule has 33 heavy (non-hydrogen) atoms. The summed E-state index contributed by atoms with van der Waals surface area (Å²) in [6.45, 7) is 1.26. The van der Waals surface area contributed by atoms with Crippen LogP contribution in [0.25, 0.3) is 0 Å². The highest BCUT2D eigenvalue weighted by molar-refractivity contribution is 5.96. The molecule has 0 bridgehead atoms. The molecule has 10 heteroatoms. The second kappa shape index (κ2) is 9.54. The third kappa shape index (κ3) is 5.73. The molecule has 1 aromatic heterocycles. The van der Waals surface area contributed by atoms with Gasteiger partial charge in [-0.2, -0.15) is 18.3 Å². The standard InChI is InChI=1S/C23H28F3N5O2/c1-30-10-9-20(29-30)15-5-7-19(8-6-15)31-13-18(14-31)28-21(32)12-27-22(33)16-3-2-4-17(11-16)23(24,25)26/h2-4,9-11,15,18-19H,5-8,12-14H2,1H3,(H,27,33)(H,28,32). The van der Waals surface area contributed by atoms with Gasteiger partial charge in [0.05, 0.1) is 23.8 Å². The van der Waals surface area contributed by atoms with E-state index in [1.165, 1.54) is 12.1 Å². The molecule has 2 N–H and O–H groups in total. The molecule has 1 aromatic carbocycles. The first-order valence-electron chi connectivity index (χ1n) is 11.2. The summed E-state index contributed by atoms with van der Waals surface area (Å²) < 4.78 is 40.2. The van der Waals surface area contributed by atoms with Gasteiger partial charge in [0.1, 0.15) is 0 Å². The molecule has 4 rings (SSSR count). The van der Waals surface area contributed by atoms with E-state index in [2.05, 4.69) is 26.7 Å². The molecule has 2 aliphatic rings. The summed E-state index contributed by atoms with van der Waals surface area (Å²) in [6, 6.07) is 6.76. The number of carbonyl (C=O) groups is 2. The molecule has 1 saturated heterocycles. The zero-order valence-corrected chi connectivity index (χ0v) is 18.4. The minimum absolute atomic E-state index is 0.0245. The molecule has 7 nitrogen and oxygen atoms in total. The van der Waals surface area contributed by atoms with E-state index in [0.717, 1.165) is 56.6 Å². The van der Waals surface area contributed by atoms with Gasteiger partial charge in [-0.05, 0) is 49.9 Å². The maximum atomic E-state index is 12.8. The van der Waals surface area contributed by atoms with E-state index in [-0.39, 0.29) is 24.1 Å². The van der Waals surface area contributed by atoms with E-state index >= 15 is 0 Å². The molecule has 1 saturated carbocycles. The Kier molecular flexibility index (Phi) is 6.73. The lowest BCUT2D eigenvalue weighted by Gasteiger charge is -2.46. The molecule has 2 aromatic rings. The number of halogens is 3. The lowest BCUT2D eigenvalue weighted by Crippen LogP contribution is -2.63. The number of amides is 2. The summed E-state index contributed by atoms with van der Waals surface area (Å²) in [7, 11) is 1.93. The first kappa shape index (κ1) is 23.3. The Morgan fingerprint density at radius 1 is 1.12 bits per heavy atom. The van der Waals surface area contributed by atoms with Gasteiger partial charge in [0.15, 0.2) is 0 Å². The molecule has 0 spiro atoms. The van der Waals surface area contributed by atoms with Gasteiger partial charge < -0.3 is 10.6 Å². The Morgan fingerprint density at radius 2 is 1.85 bits per heavy atom. The van der Waals surface area contributed by atoms with Crippen LogP contribution < -0.4 is 10.6 Å². The first-order chi connectivity index (χ1) is 15.7. The van der Waals surface area contributed by atoms with Crippen LogP contribution in [0.15, 0.2) is 36.5 Å². The molecule has 0 atom stereocenters. The van der Waals surface area contributed by atoms with Crippen LogP contribution in [0.2, 0.25) is 0 Å². The molecule has 178 valence electrons. The number of likely N-dealkylation sites (tertiary alicyclic amines) is 1. The van der Waals surface area contributed by atoms with Crippen molar-refractivity contribution in [1.29, 1.82) is 0 Å². The van der Waals surface area contributed by atoms with Crippen molar-refractivity contribution >= 4 is 11.8 Å². The molecular formula is C23H28F3N5O2. The van der Waals surface area contributed by atoms with Gasteiger partial charge in [0.2, 0.25) is 5.91 Å². The van der Waals surface area contributed by atoms with Crippen LogP contribution in [-0.4, -0.2) is 58.2 Å². The van der Waals surface area contributed by atoms with Gasteiger partial charge in [-0.25, -0.2) is 0 Å². The maximum Gasteiger partial charge on any atom is 0.416 e. The van der Waals surface area contributed by atoms with Crippen molar-refractivity contribution in [2.45, 2.75) is 49.9 Å². The zero-order chi connectivity index (χ0) is 23.6. The van der Waals surface area contributed by atoms with Crippen molar-refractivity contribution in [3.8, 4) is 0 Å². The van der Waals surface area contributed by atoms with Gasteiger partial charge in [-0.1, -0.05) is 6.07 Å². The Hall–Kier alpha value is -2.88. The summed E-state index contributed by atoms with van der Waals surface area (Å²) in [4.78, 5) is 26.6. The summed E-state index contributed by atoms with van der Waals surface area (Å²) in [6.07, 6.45) is 1.88. The smallest absolute Gasteiger partial charge is 0.349 e. The first-order valence-corrected chi connectivity index (χ1v) is 11.2. The Labute approximate surface area is 190 Å². The van der Waals surface area contributed by atoms with Crippen LogP contribution in [0.3, 0.4) is 0 Å². The van der Waals surface area contributed by atoms with E-state index < -0.39 is 17.6 Å². The molecule has 2 amide bonds. The van der Waals surface area contributed by atoms with Gasteiger partial charge in [-0.3, -0.25) is 19.2 Å². The third-order valence-electron chi connectivity index (χ3n) is 6.50. The van der Waals surface area contributed by atoms with Crippen LogP contribution in [0.5, 0.6) is 0 Å². The van der Waals surface area contributed by atoms with Crippen molar-refractivity contribution in [3.63, 3.8) is 0 Å². The normalized spacial score (nSPS) is 21.9. The van der Waals surface area contributed by atoms with Crippen LogP contribution >= 0.6 is 0 Å². The van der Waals surface area contributed by atoms with E-state index in [1.807, 2.05) is 17.9 Å². The van der Waals surface area contributed by atoms with Gasteiger partial charge in [0.25, 0.3) is 5.91 Å². The number of nitrogens with one attached hydrogen (secondary N) is 2. The van der Waals surface area contributed by atoms with Crippen molar-refractivity contribution in [2.24, 2.45) is 7.05 Å². The number of aryl methyl sites for hydroxylation is 1. The predicted molar refractivity (Wildman–Crippen MR) is 115 cm³/mol. The average molecular weight is 464 g/mol. The lowest BCUT2D eigenvalue weighted by atomic mass is 9.82. The fourth-order valence-electron chi connectivity index (χ4n) is 4.67. The molecule has 1 aliphatic carbocycles. The highest BCUT2D eigenvalue weighted by Gasteiger charge is 2.36. The lowest BCUT2D eigenvalue weighted by molar-refractivity contribution is -0.137. The second-order valence-electron chi connectivity index (χ2n) is 8.90. The summed E-state index contributed by atoms with van der Waals surface area (Å²) in [5.74, 6) is -0.547. The fraction of sp³-hybridized carbons (Fsp3) is 0.522. The van der Waals surface area contributed by atoms with Crippen LogP contribution in [0, 0.1) is 0 Å². The molecule has 2 heterocycles. The maximum absolute atomic E-state index is 12.8. The molecule has 1 aliphatic heterocycles. The number of aromatic nitrogens is 2. The summed E-state index contributed by atoms with van der Waals surface area (Å²) >= 11 is 0. The van der Waals surface area contributed by atoms with E-state index in [4.69, 9.17) is 0 Å². The largest absolute Gasteiger partial charge is 0.416 e. The Balaban J connectivity index is 1.15. The fourth-order valence-corrected chi connectivity index (χ4v) is 4.67. The highest BCUT2D eigenvalue weighted by atomic mass is 19.4. The molecular weight excluding hydrogens is 435 g/mol. The van der Waals surface area contributed by atoms with Gasteiger partial charge >= 0.3 is 6.18 Å². The zero-order valence-electron chi connectivity index (χ0n) is 18.4. The Bertz CT molecular complexity index is 992. The van der Waals surface area contributed by atoms with Crippen LogP contribution in [0.1, 0.15) is 53.2 Å². The number of hydrogen-bond acceptors (Lipinski definition) is 4. The molecule has 0 unspecified atom stereocenters. The third-order valence-corrected chi connectivity index (χ3v) is 6.50. The number of hydrogen-bond donors (Lipinski definition) is 2.